The fourth-order valence-corrected chi connectivity index (χ4v) is 2.09. The van der Waals surface area contributed by atoms with Gasteiger partial charge in [0.1, 0.15) is 5.75 Å². The molecule has 4 nitrogen and oxygen atoms in total. The zero-order valence-electron chi connectivity index (χ0n) is 11.0. The van der Waals surface area contributed by atoms with Crippen molar-refractivity contribution in [1.29, 1.82) is 0 Å². The van der Waals surface area contributed by atoms with Gasteiger partial charge in [0.05, 0.1) is 12.5 Å². The maximum Gasteiger partial charge on any atom is 0.227 e. The number of carbonyl (C=O) groups is 1. The Balaban J connectivity index is 1.85. The van der Waals surface area contributed by atoms with E-state index < -0.39 is 0 Å². The summed E-state index contributed by atoms with van der Waals surface area (Å²) in [6.07, 6.45) is 1.98. The van der Waals surface area contributed by atoms with E-state index in [0.29, 0.717) is 6.54 Å². The van der Waals surface area contributed by atoms with Crippen molar-refractivity contribution in [3.63, 3.8) is 0 Å². The number of amides is 1. The Morgan fingerprint density at radius 3 is 2.50 bits per heavy atom. The average Bonchev–Trinajstić information content (AvgIpc) is 3.18. The summed E-state index contributed by atoms with van der Waals surface area (Å²) in [7, 11) is 3.53. The first-order valence-corrected chi connectivity index (χ1v) is 6.26. The van der Waals surface area contributed by atoms with Crippen LogP contribution in [0.3, 0.4) is 0 Å². The largest absolute Gasteiger partial charge is 0.497 e. The first kappa shape index (κ1) is 12.9. The van der Waals surface area contributed by atoms with Gasteiger partial charge in [-0.3, -0.25) is 4.79 Å². The molecule has 0 heterocycles. The molecule has 0 aromatic heterocycles. The van der Waals surface area contributed by atoms with Gasteiger partial charge in [0.25, 0.3) is 0 Å². The Bertz CT molecular complexity index is 410. The molecule has 1 aliphatic carbocycles. The molecule has 0 aliphatic heterocycles. The third kappa shape index (κ3) is 2.82. The topological polar surface area (TPSA) is 50.4 Å². The standard InChI is InChI=1S/C14H20N2O2/c1-15-10-14(7-8-14)13(17)16-9-11-3-5-12(18-2)6-4-11/h3-6,15H,7-10H2,1-2H3,(H,16,17). The van der Waals surface area contributed by atoms with Crippen LogP contribution in [0.5, 0.6) is 5.75 Å². The van der Waals surface area contributed by atoms with Gasteiger partial charge < -0.3 is 15.4 Å². The third-order valence-corrected chi connectivity index (χ3v) is 3.46. The number of nitrogens with one attached hydrogen (secondary N) is 2. The second-order valence-corrected chi connectivity index (χ2v) is 4.84. The van der Waals surface area contributed by atoms with Gasteiger partial charge in [0.2, 0.25) is 5.91 Å². The number of benzene rings is 1. The lowest BCUT2D eigenvalue weighted by Crippen LogP contribution is -2.37. The Labute approximate surface area is 108 Å². The molecule has 1 saturated carbocycles. The molecule has 4 heteroatoms. The highest BCUT2D eigenvalue weighted by molar-refractivity contribution is 5.85. The molecule has 1 amide bonds. The molecule has 0 unspecified atom stereocenters. The highest BCUT2D eigenvalue weighted by atomic mass is 16.5. The molecule has 1 aromatic carbocycles. The van der Waals surface area contributed by atoms with Crippen LogP contribution in [0.4, 0.5) is 0 Å². The van der Waals surface area contributed by atoms with Gasteiger partial charge in [-0.15, -0.1) is 0 Å². The second kappa shape index (κ2) is 5.40. The van der Waals surface area contributed by atoms with Crippen LogP contribution in [0, 0.1) is 5.41 Å². The van der Waals surface area contributed by atoms with Crippen molar-refractivity contribution < 1.29 is 9.53 Å². The molecule has 1 fully saturated rings. The summed E-state index contributed by atoms with van der Waals surface area (Å²) in [6, 6.07) is 7.75. The molecular weight excluding hydrogens is 228 g/mol. The fraction of sp³-hybridized carbons (Fsp3) is 0.500. The van der Waals surface area contributed by atoms with E-state index in [0.717, 1.165) is 30.7 Å². The van der Waals surface area contributed by atoms with Crippen LogP contribution in [0.2, 0.25) is 0 Å². The highest BCUT2D eigenvalue weighted by Crippen LogP contribution is 2.45. The van der Waals surface area contributed by atoms with E-state index in [4.69, 9.17) is 4.74 Å². The van der Waals surface area contributed by atoms with Gasteiger partial charge >= 0.3 is 0 Å². The van der Waals surface area contributed by atoms with Crippen LogP contribution in [-0.2, 0) is 11.3 Å². The van der Waals surface area contributed by atoms with E-state index in [1.165, 1.54) is 0 Å². The molecular formula is C14H20N2O2. The van der Waals surface area contributed by atoms with Crippen molar-refractivity contribution in [2.24, 2.45) is 5.41 Å². The van der Waals surface area contributed by atoms with Gasteiger partial charge in [-0.05, 0) is 37.6 Å². The van der Waals surface area contributed by atoms with E-state index in [1.807, 2.05) is 31.3 Å². The summed E-state index contributed by atoms with van der Waals surface area (Å²) in [5, 5.41) is 6.09. The summed E-state index contributed by atoms with van der Waals surface area (Å²) in [6.45, 7) is 1.34. The lowest BCUT2D eigenvalue weighted by atomic mass is 10.1. The van der Waals surface area contributed by atoms with Gasteiger partial charge in [0.15, 0.2) is 0 Å². The first-order valence-electron chi connectivity index (χ1n) is 6.26. The molecule has 0 bridgehead atoms. The minimum atomic E-state index is -0.152. The summed E-state index contributed by atoms with van der Waals surface area (Å²) in [5.41, 5.74) is 0.936. The quantitative estimate of drug-likeness (QED) is 0.798. The monoisotopic (exact) mass is 248 g/mol. The van der Waals surface area contributed by atoms with Crippen molar-refractivity contribution in [2.45, 2.75) is 19.4 Å². The Kier molecular flexibility index (Phi) is 3.87. The van der Waals surface area contributed by atoms with Gasteiger partial charge in [0, 0.05) is 13.1 Å². The van der Waals surface area contributed by atoms with Crippen molar-refractivity contribution >= 4 is 5.91 Å². The molecule has 98 valence electrons. The molecule has 1 aliphatic rings. The normalized spacial score (nSPS) is 16.1. The number of hydrogen-bond acceptors (Lipinski definition) is 3. The third-order valence-electron chi connectivity index (χ3n) is 3.46. The van der Waals surface area contributed by atoms with E-state index >= 15 is 0 Å². The SMILES string of the molecule is CNCC1(C(=O)NCc2ccc(OC)cc2)CC1. The van der Waals surface area contributed by atoms with Crippen molar-refractivity contribution in [1.82, 2.24) is 10.6 Å². The van der Waals surface area contributed by atoms with Crippen LogP contribution in [0.15, 0.2) is 24.3 Å². The number of carbonyl (C=O) groups excluding carboxylic acids is 1. The number of rotatable bonds is 6. The lowest BCUT2D eigenvalue weighted by molar-refractivity contribution is -0.126. The van der Waals surface area contributed by atoms with Crippen molar-refractivity contribution in [3.8, 4) is 5.75 Å². The maximum atomic E-state index is 12.0. The summed E-state index contributed by atoms with van der Waals surface area (Å²) in [4.78, 5) is 12.0. The van der Waals surface area contributed by atoms with Gasteiger partial charge in [-0.1, -0.05) is 12.1 Å². The predicted octanol–water partition coefficient (Wildman–Crippen LogP) is 1.31. The Hall–Kier alpha value is -1.55. The summed E-state index contributed by atoms with van der Waals surface area (Å²) in [5.74, 6) is 0.992. The second-order valence-electron chi connectivity index (χ2n) is 4.84. The van der Waals surface area contributed by atoms with Crippen LogP contribution < -0.4 is 15.4 Å². The van der Waals surface area contributed by atoms with Crippen LogP contribution in [-0.4, -0.2) is 26.6 Å². The number of methoxy groups -OCH3 is 1. The average molecular weight is 248 g/mol. The minimum absolute atomic E-state index is 0.152. The highest BCUT2D eigenvalue weighted by Gasteiger charge is 2.48. The number of ether oxygens (including phenoxy) is 1. The molecule has 2 rings (SSSR count). The molecule has 0 radical (unpaired) electrons. The Morgan fingerprint density at radius 1 is 1.33 bits per heavy atom. The van der Waals surface area contributed by atoms with Crippen molar-refractivity contribution in [3.05, 3.63) is 29.8 Å². The van der Waals surface area contributed by atoms with Gasteiger partial charge in [-0.25, -0.2) is 0 Å². The molecule has 0 atom stereocenters. The van der Waals surface area contributed by atoms with E-state index in [1.54, 1.807) is 7.11 Å². The van der Waals surface area contributed by atoms with Crippen LogP contribution in [0.1, 0.15) is 18.4 Å². The fourth-order valence-electron chi connectivity index (χ4n) is 2.09. The van der Waals surface area contributed by atoms with Crippen molar-refractivity contribution in [2.75, 3.05) is 20.7 Å². The maximum absolute atomic E-state index is 12.0. The minimum Gasteiger partial charge on any atom is -0.497 e. The molecule has 1 aromatic rings. The number of hydrogen-bond donors (Lipinski definition) is 2. The summed E-state index contributed by atoms with van der Waals surface area (Å²) >= 11 is 0. The first-order chi connectivity index (χ1) is 8.70. The smallest absolute Gasteiger partial charge is 0.227 e. The van der Waals surface area contributed by atoms with E-state index in [2.05, 4.69) is 10.6 Å². The van der Waals surface area contributed by atoms with Crippen LogP contribution in [0.25, 0.3) is 0 Å². The van der Waals surface area contributed by atoms with E-state index in [9.17, 15) is 4.79 Å². The van der Waals surface area contributed by atoms with Crippen LogP contribution >= 0.6 is 0 Å². The zero-order valence-corrected chi connectivity index (χ0v) is 11.0. The Morgan fingerprint density at radius 2 is 2.00 bits per heavy atom. The zero-order chi connectivity index (χ0) is 13.0. The molecule has 2 N–H and O–H groups in total. The van der Waals surface area contributed by atoms with Gasteiger partial charge in [-0.2, -0.15) is 0 Å². The summed E-state index contributed by atoms with van der Waals surface area (Å²) < 4.78 is 5.10. The lowest BCUT2D eigenvalue weighted by Gasteiger charge is -2.14. The predicted molar refractivity (Wildman–Crippen MR) is 70.4 cm³/mol. The molecule has 18 heavy (non-hydrogen) atoms. The molecule has 0 spiro atoms. The van der Waals surface area contributed by atoms with E-state index in [-0.39, 0.29) is 11.3 Å². The molecule has 0 saturated heterocycles.